The highest BCUT2D eigenvalue weighted by Crippen LogP contribution is 2.31. The fourth-order valence-electron chi connectivity index (χ4n) is 4.82. The van der Waals surface area contributed by atoms with Gasteiger partial charge >= 0.3 is 0 Å². The van der Waals surface area contributed by atoms with Gasteiger partial charge in [0.2, 0.25) is 5.95 Å². The smallest absolute Gasteiger partial charge is 0.225 e. The van der Waals surface area contributed by atoms with Crippen LogP contribution in [0, 0.1) is 5.82 Å². The number of anilines is 1. The summed E-state index contributed by atoms with van der Waals surface area (Å²) in [4.78, 5) is 15.7. The topological polar surface area (TPSA) is 117 Å². The predicted octanol–water partition coefficient (Wildman–Crippen LogP) is 3.06. The van der Waals surface area contributed by atoms with Crippen LogP contribution in [0.25, 0.3) is 22.2 Å². The van der Waals surface area contributed by atoms with Crippen LogP contribution >= 0.6 is 0 Å². The molecule has 0 unspecified atom stereocenters. The molecular formula is C28H27FN8O2. The minimum Gasteiger partial charge on any atom is -0.394 e. The van der Waals surface area contributed by atoms with Crippen molar-refractivity contribution in [1.29, 1.82) is 0 Å². The van der Waals surface area contributed by atoms with E-state index in [-0.39, 0.29) is 12.4 Å². The second-order valence-electron chi connectivity index (χ2n) is 9.66. The molecule has 1 aromatic carbocycles. The molecule has 11 heteroatoms. The van der Waals surface area contributed by atoms with Gasteiger partial charge in [-0.2, -0.15) is 10.2 Å². The Balaban J connectivity index is 1.20. The Labute approximate surface area is 223 Å². The standard InChI is InChI=1S/C28H27FN8O2/c1-28(39,22-2-4-24(29)5-3-22)23-14-30-27(31-15-23)35-8-6-19(7-9-35)26-25-12-20(17-37(25)34-18-32-26)21-13-33-36(16-21)10-11-38/h2-6,12-18,38-39H,7-11H2,1H3/t28-/m0/s1. The van der Waals surface area contributed by atoms with E-state index in [0.717, 1.165) is 34.3 Å². The fraction of sp³-hybridized carbons (Fsp3) is 0.250. The largest absolute Gasteiger partial charge is 0.394 e. The van der Waals surface area contributed by atoms with Crippen molar-refractivity contribution >= 4 is 17.0 Å². The molecule has 2 N–H and O–H groups in total. The van der Waals surface area contributed by atoms with Gasteiger partial charge in [-0.05, 0) is 42.7 Å². The van der Waals surface area contributed by atoms with Gasteiger partial charge in [-0.1, -0.05) is 18.2 Å². The summed E-state index contributed by atoms with van der Waals surface area (Å²) in [5, 5.41) is 28.9. The van der Waals surface area contributed by atoms with Crippen LogP contribution in [-0.4, -0.2) is 64.3 Å². The van der Waals surface area contributed by atoms with Crippen LogP contribution in [0.15, 0.2) is 73.7 Å². The molecule has 0 aliphatic carbocycles. The van der Waals surface area contributed by atoms with Crippen LogP contribution < -0.4 is 4.90 Å². The van der Waals surface area contributed by atoms with Gasteiger partial charge < -0.3 is 15.1 Å². The molecule has 0 spiro atoms. The van der Waals surface area contributed by atoms with Crippen molar-refractivity contribution in [1.82, 2.24) is 34.3 Å². The van der Waals surface area contributed by atoms with Gasteiger partial charge in [-0.25, -0.2) is 23.9 Å². The monoisotopic (exact) mass is 526 g/mol. The molecule has 0 saturated heterocycles. The number of aliphatic hydroxyl groups is 2. The maximum absolute atomic E-state index is 13.3. The third-order valence-corrected chi connectivity index (χ3v) is 7.10. The molecule has 0 fully saturated rings. The average Bonchev–Trinajstić information content (AvgIpc) is 3.61. The first-order valence-corrected chi connectivity index (χ1v) is 12.6. The van der Waals surface area contributed by atoms with Gasteiger partial charge in [0, 0.05) is 54.6 Å². The highest BCUT2D eigenvalue weighted by Gasteiger charge is 2.27. The minimum atomic E-state index is -1.34. The summed E-state index contributed by atoms with van der Waals surface area (Å²) in [5.74, 6) is 0.215. The predicted molar refractivity (Wildman–Crippen MR) is 143 cm³/mol. The van der Waals surface area contributed by atoms with Crippen molar-refractivity contribution in [2.75, 3.05) is 24.6 Å². The number of hydrogen-bond acceptors (Lipinski definition) is 8. The number of rotatable bonds is 7. The molecule has 0 saturated carbocycles. The Bertz CT molecular complexity index is 1640. The lowest BCUT2D eigenvalue weighted by molar-refractivity contribution is 0.101. The van der Waals surface area contributed by atoms with Crippen molar-refractivity contribution in [3.8, 4) is 11.1 Å². The SMILES string of the molecule is C[C@](O)(c1ccc(F)cc1)c1cnc(N2CC=C(c3ncnn4cc(-c5cnn(CCO)c5)cc34)CC2)nc1. The summed E-state index contributed by atoms with van der Waals surface area (Å²) in [7, 11) is 0. The van der Waals surface area contributed by atoms with Crippen molar-refractivity contribution in [3.05, 3.63) is 96.4 Å². The average molecular weight is 527 g/mol. The van der Waals surface area contributed by atoms with E-state index in [4.69, 9.17) is 5.11 Å². The van der Waals surface area contributed by atoms with Gasteiger partial charge in [0.25, 0.3) is 0 Å². The molecule has 0 amide bonds. The Hall–Kier alpha value is -4.48. The molecular weight excluding hydrogens is 499 g/mol. The van der Waals surface area contributed by atoms with E-state index in [9.17, 15) is 9.50 Å². The quantitative estimate of drug-likeness (QED) is 0.332. The first-order chi connectivity index (χ1) is 18.9. The van der Waals surface area contributed by atoms with Crippen molar-refractivity contribution in [3.63, 3.8) is 0 Å². The van der Waals surface area contributed by atoms with Crippen molar-refractivity contribution in [2.45, 2.75) is 25.5 Å². The Kier molecular flexibility index (Phi) is 6.37. The van der Waals surface area contributed by atoms with Gasteiger partial charge in [-0.3, -0.25) is 4.68 Å². The zero-order chi connectivity index (χ0) is 27.0. The third kappa shape index (κ3) is 4.77. The molecule has 5 aromatic rings. The Morgan fingerprint density at radius 1 is 0.974 bits per heavy atom. The number of aromatic nitrogens is 7. The van der Waals surface area contributed by atoms with Gasteiger partial charge in [0.1, 0.15) is 17.7 Å². The summed E-state index contributed by atoms with van der Waals surface area (Å²) in [6.07, 6.45) is 13.3. The third-order valence-electron chi connectivity index (χ3n) is 7.10. The lowest BCUT2D eigenvalue weighted by atomic mass is 9.90. The van der Waals surface area contributed by atoms with E-state index in [1.807, 2.05) is 16.9 Å². The highest BCUT2D eigenvalue weighted by atomic mass is 19.1. The fourth-order valence-corrected chi connectivity index (χ4v) is 4.82. The van der Waals surface area contributed by atoms with Crippen LogP contribution in [0.5, 0.6) is 0 Å². The molecule has 10 nitrogen and oxygen atoms in total. The van der Waals surface area contributed by atoms with Crippen LogP contribution in [0.4, 0.5) is 10.3 Å². The van der Waals surface area contributed by atoms with Crippen LogP contribution in [0.2, 0.25) is 0 Å². The van der Waals surface area contributed by atoms with E-state index in [1.54, 1.807) is 48.7 Å². The molecule has 1 atom stereocenters. The van der Waals surface area contributed by atoms with Gasteiger partial charge in [0.15, 0.2) is 0 Å². The highest BCUT2D eigenvalue weighted by molar-refractivity contribution is 5.80. The summed E-state index contributed by atoms with van der Waals surface area (Å²) in [5.41, 5.74) is 4.58. The number of fused-ring (bicyclic) bond motifs is 1. The van der Waals surface area contributed by atoms with E-state index in [0.29, 0.717) is 36.7 Å². The Morgan fingerprint density at radius 3 is 2.49 bits per heavy atom. The van der Waals surface area contributed by atoms with E-state index in [2.05, 4.69) is 42.2 Å². The zero-order valence-electron chi connectivity index (χ0n) is 21.3. The first kappa shape index (κ1) is 24.8. The molecule has 1 aliphatic heterocycles. The molecule has 6 rings (SSSR count). The van der Waals surface area contributed by atoms with Crippen LogP contribution in [0.1, 0.15) is 30.2 Å². The molecule has 1 aliphatic rings. The summed E-state index contributed by atoms with van der Waals surface area (Å²) in [6.45, 7) is 3.44. The number of aliphatic hydroxyl groups excluding tert-OH is 1. The molecule has 4 aromatic heterocycles. The summed E-state index contributed by atoms with van der Waals surface area (Å²) >= 11 is 0. The lowest BCUT2D eigenvalue weighted by Gasteiger charge is -2.28. The van der Waals surface area contributed by atoms with E-state index >= 15 is 0 Å². The minimum absolute atomic E-state index is 0.0334. The van der Waals surface area contributed by atoms with E-state index < -0.39 is 5.60 Å². The lowest BCUT2D eigenvalue weighted by Crippen LogP contribution is -2.30. The zero-order valence-corrected chi connectivity index (χ0v) is 21.3. The maximum atomic E-state index is 13.3. The van der Waals surface area contributed by atoms with Crippen LogP contribution in [-0.2, 0) is 12.1 Å². The van der Waals surface area contributed by atoms with E-state index in [1.165, 1.54) is 12.1 Å². The second kappa shape index (κ2) is 10.0. The van der Waals surface area contributed by atoms with Gasteiger partial charge in [-0.15, -0.1) is 0 Å². The second-order valence-corrected chi connectivity index (χ2v) is 9.66. The number of benzene rings is 1. The number of nitrogens with zero attached hydrogens (tertiary/aromatic N) is 8. The van der Waals surface area contributed by atoms with Crippen molar-refractivity contribution in [2.24, 2.45) is 0 Å². The normalized spacial score (nSPS) is 15.4. The molecule has 0 radical (unpaired) electrons. The first-order valence-electron chi connectivity index (χ1n) is 12.6. The molecule has 198 valence electrons. The summed E-state index contributed by atoms with van der Waals surface area (Å²) < 4.78 is 16.8. The van der Waals surface area contributed by atoms with Crippen molar-refractivity contribution < 1.29 is 14.6 Å². The maximum Gasteiger partial charge on any atom is 0.225 e. The van der Waals surface area contributed by atoms with Crippen LogP contribution in [0.3, 0.4) is 0 Å². The van der Waals surface area contributed by atoms with Gasteiger partial charge in [0.05, 0.1) is 30.6 Å². The number of halogens is 1. The molecule has 5 heterocycles. The summed E-state index contributed by atoms with van der Waals surface area (Å²) in [6, 6.07) is 7.82. The Morgan fingerprint density at radius 2 is 1.77 bits per heavy atom. The number of hydrogen-bond donors (Lipinski definition) is 2. The molecule has 39 heavy (non-hydrogen) atoms. The molecule has 0 bridgehead atoms.